The summed E-state index contributed by atoms with van der Waals surface area (Å²) in [4.78, 5) is 12.8. The Labute approximate surface area is 154 Å². The molecule has 0 amide bonds. The molecule has 3 aromatic rings. The van der Waals surface area contributed by atoms with Gasteiger partial charge in [0.15, 0.2) is 10.1 Å². The van der Waals surface area contributed by atoms with E-state index in [0.717, 1.165) is 23.8 Å². The number of aromatic nitrogens is 2. The number of carbonyl (C=O) groups excluding carboxylic acids is 1. The third-order valence-corrected chi connectivity index (χ3v) is 6.49. The van der Waals surface area contributed by atoms with E-state index in [1.165, 1.54) is 40.0 Å². The van der Waals surface area contributed by atoms with Crippen molar-refractivity contribution in [1.82, 2.24) is 10.2 Å². The van der Waals surface area contributed by atoms with Crippen LogP contribution >= 0.6 is 50.4 Å². The molecule has 1 N–H and O–H groups in total. The van der Waals surface area contributed by atoms with Crippen molar-refractivity contribution in [3.05, 3.63) is 50.6 Å². The molecule has 118 valence electrons. The predicted molar refractivity (Wildman–Crippen MR) is 101 cm³/mol. The Hall–Kier alpha value is -1.22. The molecule has 1 aromatic carbocycles. The highest BCUT2D eigenvalue weighted by Gasteiger charge is 2.12. The van der Waals surface area contributed by atoms with Crippen molar-refractivity contribution in [3.8, 4) is 0 Å². The van der Waals surface area contributed by atoms with Crippen LogP contribution in [0.3, 0.4) is 0 Å². The molecule has 2 heterocycles. The summed E-state index contributed by atoms with van der Waals surface area (Å²) in [5.41, 5.74) is 2.17. The molecule has 4 nitrogen and oxygen atoms in total. The third kappa shape index (κ3) is 4.63. The maximum atomic E-state index is 12.1. The van der Waals surface area contributed by atoms with Gasteiger partial charge in [-0.25, -0.2) is 0 Å². The quantitative estimate of drug-likeness (QED) is 0.423. The van der Waals surface area contributed by atoms with Gasteiger partial charge in [-0.3, -0.25) is 4.79 Å². The van der Waals surface area contributed by atoms with E-state index in [4.69, 9.17) is 0 Å². The number of benzene rings is 1. The zero-order valence-corrected chi connectivity index (χ0v) is 16.1. The molecule has 0 spiro atoms. The SMILES string of the molecule is Cc1cccc(Nc2nnc(SCC(=O)c3ccc(Br)s3)s2)c1. The number of thiophene rings is 1. The molecule has 8 heteroatoms. The van der Waals surface area contributed by atoms with Gasteiger partial charge in [0.25, 0.3) is 0 Å². The van der Waals surface area contributed by atoms with Crippen LogP contribution in [0.4, 0.5) is 10.8 Å². The molecular weight excluding hydrogens is 414 g/mol. The highest BCUT2D eigenvalue weighted by atomic mass is 79.9. The zero-order valence-electron chi connectivity index (χ0n) is 12.1. The fraction of sp³-hybridized carbons (Fsp3) is 0.133. The number of carbonyl (C=O) groups is 1. The van der Waals surface area contributed by atoms with Crippen LogP contribution in [0.25, 0.3) is 0 Å². The summed E-state index contributed by atoms with van der Waals surface area (Å²) in [5.74, 6) is 0.473. The molecule has 3 rings (SSSR count). The van der Waals surface area contributed by atoms with E-state index in [9.17, 15) is 4.79 Å². The van der Waals surface area contributed by atoms with Crippen LogP contribution in [0.2, 0.25) is 0 Å². The lowest BCUT2D eigenvalue weighted by Crippen LogP contribution is -1.98. The van der Waals surface area contributed by atoms with Crippen molar-refractivity contribution in [2.24, 2.45) is 0 Å². The van der Waals surface area contributed by atoms with Gasteiger partial charge in [0, 0.05) is 5.69 Å². The molecule has 23 heavy (non-hydrogen) atoms. The summed E-state index contributed by atoms with van der Waals surface area (Å²) in [6, 6.07) is 11.8. The number of aryl methyl sites for hydroxylation is 1. The molecule has 0 fully saturated rings. The maximum Gasteiger partial charge on any atom is 0.210 e. The molecule has 0 bridgehead atoms. The Balaban J connectivity index is 1.58. The van der Waals surface area contributed by atoms with Gasteiger partial charge in [-0.1, -0.05) is 35.2 Å². The van der Waals surface area contributed by atoms with E-state index in [2.05, 4.69) is 31.4 Å². The fourth-order valence-electron chi connectivity index (χ4n) is 1.83. The summed E-state index contributed by atoms with van der Waals surface area (Å²) in [6.45, 7) is 2.04. The number of Topliss-reactive ketones (excluding diaryl/α,β-unsaturated/α-hetero) is 1. The number of ketones is 1. The monoisotopic (exact) mass is 425 g/mol. The second kappa shape index (κ2) is 7.57. The normalized spacial score (nSPS) is 10.7. The van der Waals surface area contributed by atoms with E-state index >= 15 is 0 Å². The number of anilines is 2. The first-order valence-corrected chi connectivity index (χ1v) is 10.1. The molecular formula is C15H12BrN3OS3. The van der Waals surface area contributed by atoms with Gasteiger partial charge in [-0.05, 0) is 52.7 Å². The largest absolute Gasteiger partial charge is 0.330 e. The maximum absolute atomic E-state index is 12.1. The highest BCUT2D eigenvalue weighted by Crippen LogP contribution is 2.29. The van der Waals surface area contributed by atoms with Crippen molar-refractivity contribution in [1.29, 1.82) is 0 Å². The standard InChI is InChI=1S/C15H12BrN3OS3/c1-9-3-2-4-10(7-9)17-14-18-19-15(23-14)21-8-11(20)12-5-6-13(16)22-12/h2-7H,8H2,1H3,(H,17,18). The van der Waals surface area contributed by atoms with E-state index in [1.54, 1.807) is 0 Å². The molecule has 0 aliphatic carbocycles. The fourth-order valence-corrected chi connectivity index (χ4v) is 4.90. The van der Waals surface area contributed by atoms with Crippen LogP contribution in [0.1, 0.15) is 15.2 Å². The van der Waals surface area contributed by atoms with E-state index in [1.807, 2.05) is 43.3 Å². The molecule has 0 atom stereocenters. The van der Waals surface area contributed by atoms with Crippen LogP contribution in [0.5, 0.6) is 0 Å². The zero-order chi connectivity index (χ0) is 16.2. The lowest BCUT2D eigenvalue weighted by atomic mass is 10.2. The predicted octanol–water partition coefficient (Wildman–Crippen LogP) is 5.39. The molecule has 0 aliphatic rings. The average molecular weight is 426 g/mol. The lowest BCUT2D eigenvalue weighted by molar-refractivity contribution is 0.102. The summed E-state index contributed by atoms with van der Waals surface area (Å²) in [7, 11) is 0. The Kier molecular flexibility index (Phi) is 5.47. The molecule has 2 aromatic heterocycles. The summed E-state index contributed by atoms with van der Waals surface area (Å²) in [5, 5.41) is 12.2. The van der Waals surface area contributed by atoms with E-state index < -0.39 is 0 Å². The second-order valence-electron chi connectivity index (χ2n) is 4.68. The van der Waals surface area contributed by atoms with E-state index in [-0.39, 0.29) is 5.78 Å². The van der Waals surface area contributed by atoms with Crippen molar-refractivity contribution in [3.63, 3.8) is 0 Å². The third-order valence-electron chi connectivity index (χ3n) is 2.85. The Morgan fingerprint density at radius 3 is 2.87 bits per heavy atom. The summed E-state index contributed by atoms with van der Waals surface area (Å²) >= 11 is 7.68. The number of nitrogens with one attached hydrogen (secondary N) is 1. The highest BCUT2D eigenvalue weighted by molar-refractivity contribution is 9.11. The molecule has 0 saturated carbocycles. The van der Waals surface area contributed by atoms with E-state index in [0.29, 0.717) is 5.75 Å². The number of nitrogens with zero attached hydrogens (tertiary/aromatic N) is 2. The Morgan fingerprint density at radius 1 is 1.26 bits per heavy atom. The van der Waals surface area contributed by atoms with Crippen LogP contribution < -0.4 is 5.32 Å². The smallest absolute Gasteiger partial charge is 0.210 e. The van der Waals surface area contributed by atoms with Crippen molar-refractivity contribution >= 4 is 67.0 Å². The van der Waals surface area contributed by atoms with Gasteiger partial charge in [0.05, 0.1) is 14.4 Å². The van der Waals surface area contributed by atoms with Gasteiger partial charge >= 0.3 is 0 Å². The second-order valence-corrected chi connectivity index (χ2v) is 9.35. The minimum Gasteiger partial charge on any atom is -0.330 e. The Bertz CT molecular complexity index is 831. The number of hydrogen-bond donors (Lipinski definition) is 1. The first kappa shape index (κ1) is 16.6. The summed E-state index contributed by atoms with van der Waals surface area (Å²) in [6.07, 6.45) is 0. The van der Waals surface area contributed by atoms with Gasteiger partial charge < -0.3 is 5.32 Å². The van der Waals surface area contributed by atoms with Crippen LogP contribution in [0, 0.1) is 6.92 Å². The van der Waals surface area contributed by atoms with Crippen LogP contribution in [-0.2, 0) is 0 Å². The first-order valence-electron chi connectivity index (χ1n) is 6.69. The molecule has 0 radical (unpaired) electrons. The number of rotatable bonds is 6. The number of halogens is 1. The average Bonchev–Trinajstić information content (AvgIpc) is 3.14. The van der Waals surface area contributed by atoms with Gasteiger partial charge in [-0.15, -0.1) is 21.5 Å². The van der Waals surface area contributed by atoms with Crippen molar-refractivity contribution < 1.29 is 4.79 Å². The summed E-state index contributed by atoms with van der Waals surface area (Å²) < 4.78 is 1.75. The van der Waals surface area contributed by atoms with Crippen LogP contribution in [0.15, 0.2) is 44.5 Å². The van der Waals surface area contributed by atoms with Gasteiger partial charge in [-0.2, -0.15) is 0 Å². The van der Waals surface area contributed by atoms with Crippen molar-refractivity contribution in [2.75, 3.05) is 11.1 Å². The molecule has 0 unspecified atom stereocenters. The minimum absolute atomic E-state index is 0.106. The number of thioether (sulfide) groups is 1. The first-order chi connectivity index (χ1) is 11.1. The van der Waals surface area contributed by atoms with Gasteiger partial charge in [0.1, 0.15) is 0 Å². The topological polar surface area (TPSA) is 54.9 Å². The van der Waals surface area contributed by atoms with Crippen LogP contribution in [-0.4, -0.2) is 21.7 Å². The van der Waals surface area contributed by atoms with Crippen molar-refractivity contribution in [2.45, 2.75) is 11.3 Å². The Morgan fingerprint density at radius 2 is 2.13 bits per heavy atom. The number of hydrogen-bond acceptors (Lipinski definition) is 7. The molecule has 0 aliphatic heterocycles. The lowest BCUT2D eigenvalue weighted by Gasteiger charge is -2.01. The van der Waals surface area contributed by atoms with Gasteiger partial charge in [0.2, 0.25) is 5.13 Å². The minimum atomic E-state index is 0.106. The molecule has 0 saturated heterocycles.